The van der Waals surface area contributed by atoms with Gasteiger partial charge in [-0.3, -0.25) is 9.78 Å². The van der Waals surface area contributed by atoms with E-state index in [1.165, 1.54) is 25.1 Å². The number of pyridine rings is 2. The molecule has 0 saturated carbocycles. The van der Waals surface area contributed by atoms with Gasteiger partial charge in [-0.15, -0.1) is 0 Å². The predicted molar refractivity (Wildman–Crippen MR) is 173 cm³/mol. The predicted octanol–water partition coefficient (Wildman–Crippen LogP) is 6.69. The average Bonchev–Trinajstić information content (AvgIpc) is 3.02. The van der Waals surface area contributed by atoms with Crippen LogP contribution in [0.15, 0.2) is 91.2 Å². The Balaban J connectivity index is 1.25. The van der Waals surface area contributed by atoms with Crippen LogP contribution in [0.2, 0.25) is 0 Å². The van der Waals surface area contributed by atoms with E-state index in [-0.39, 0.29) is 11.6 Å². The van der Waals surface area contributed by atoms with E-state index >= 15 is 0 Å². The summed E-state index contributed by atoms with van der Waals surface area (Å²) in [6.07, 6.45) is 2.92. The van der Waals surface area contributed by atoms with Crippen LogP contribution in [0.3, 0.4) is 0 Å². The van der Waals surface area contributed by atoms with Gasteiger partial charge in [0.25, 0.3) is 0 Å². The van der Waals surface area contributed by atoms with Crippen molar-refractivity contribution in [3.05, 3.63) is 88.5 Å². The van der Waals surface area contributed by atoms with Gasteiger partial charge >= 0.3 is 0 Å². The number of aromatic amines is 1. The van der Waals surface area contributed by atoms with Crippen molar-refractivity contribution in [1.29, 1.82) is 0 Å². The maximum atomic E-state index is 12.7. The highest BCUT2D eigenvalue weighted by Crippen LogP contribution is 2.52. The summed E-state index contributed by atoms with van der Waals surface area (Å²) in [4.78, 5) is 29.9. The first kappa shape index (κ1) is 28.9. The van der Waals surface area contributed by atoms with Gasteiger partial charge in [-0.1, -0.05) is 48.6 Å². The first-order valence-corrected chi connectivity index (χ1v) is 16.2. The molecular weight excluding hydrogens is 563 g/mol. The van der Waals surface area contributed by atoms with Crippen molar-refractivity contribution in [2.75, 3.05) is 56.7 Å². The van der Waals surface area contributed by atoms with Crippen molar-refractivity contribution >= 4 is 34.9 Å². The lowest BCUT2D eigenvalue weighted by molar-refractivity contribution is 0.122. The van der Waals surface area contributed by atoms with Crippen molar-refractivity contribution in [1.82, 2.24) is 14.9 Å². The van der Waals surface area contributed by atoms with Crippen LogP contribution in [0.25, 0.3) is 11.3 Å². The summed E-state index contributed by atoms with van der Waals surface area (Å²) in [6.45, 7) is 9.22. The molecule has 2 aromatic heterocycles. The largest absolute Gasteiger partial charge is 0.378 e. The Morgan fingerprint density at radius 3 is 2.69 bits per heavy atom. The number of nitrogens with zero attached hydrogens (tertiary/aromatic N) is 3. The van der Waals surface area contributed by atoms with Crippen LogP contribution in [0.5, 0.6) is 0 Å². The molecule has 218 valence electrons. The highest BCUT2D eigenvalue weighted by molar-refractivity contribution is 8.05. The first-order chi connectivity index (χ1) is 20.5. The lowest BCUT2D eigenvalue weighted by Crippen LogP contribution is -2.36. The highest BCUT2D eigenvalue weighted by atomic mass is 32.2. The number of nitrogens with one attached hydrogen (secondary N) is 2. The van der Waals surface area contributed by atoms with Gasteiger partial charge in [-0.2, -0.15) is 0 Å². The minimum absolute atomic E-state index is 0.0843. The number of hydrogen-bond acceptors (Lipinski definition) is 8. The van der Waals surface area contributed by atoms with Crippen LogP contribution in [0.4, 0.5) is 11.4 Å². The highest BCUT2D eigenvalue weighted by Gasteiger charge is 2.23. The molecule has 1 fully saturated rings. The molecule has 1 unspecified atom stereocenters. The summed E-state index contributed by atoms with van der Waals surface area (Å²) < 4.78 is 5.51. The molecule has 0 aliphatic carbocycles. The molecule has 4 heterocycles. The summed E-state index contributed by atoms with van der Waals surface area (Å²) in [5.41, 5.74) is 6.08. The maximum absolute atomic E-state index is 12.7. The molecule has 2 aliphatic heterocycles. The molecule has 6 rings (SSSR count). The molecule has 2 N–H and O–H groups in total. The van der Waals surface area contributed by atoms with Crippen LogP contribution in [-0.4, -0.2) is 61.3 Å². The first-order valence-electron chi connectivity index (χ1n) is 14.5. The Morgan fingerprint density at radius 2 is 1.90 bits per heavy atom. The number of fused-ring (bicyclic) bond motifs is 2. The third-order valence-electron chi connectivity index (χ3n) is 7.82. The van der Waals surface area contributed by atoms with Crippen molar-refractivity contribution in [3.8, 4) is 11.3 Å². The molecule has 1 saturated heterocycles. The molecule has 2 aliphatic rings. The standard InChI is InChI=1S/C33H37N5O2S2/c1-4-37(3)13-12-27(26-10-8-22(2)21-34-26)35-23-9-11-29-31(18-23)41-30-7-5-6-25(33(30)42-29)28-19-24(20-32(39)36-28)38-14-16-40-17-15-38/h5-11,18-21,27,35H,4,12-17H2,1-3H3,(H,36,39). The second-order valence-electron chi connectivity index (χ2n) is 10.9. The van der Waals surface area contributed by atoms with Gasteiger partial charge in [0.15, 0.2) is 0 Å². The van der Waals surface area contributed by atoms with Crippen LogP contribution in [-0.2, 0) is 4.74 Å². The molecule has 0 amide bonds. The normalized spacial score (nSPS) is 15.3. The van der Waals surface area contributed by atoms with Gasteiger partial charge < -0.3 is 24.8 Å². The van der Waals surface area contributed by atoms with Crippen molar-refractivity contribution in [3.63, 3.8) is 0 Å². The summed E-state index contributed by atoms with van der Waals surface area (Å²) in [6, 6.07) is 21.2. The van der Waals surface area contributed by atoms with E-state index in [2.05, 4.69) is 95.6 Å². The number of hydrogen-bond donors (Lipinski definition) is 2. The number of anilines is 2. The van der Waals surface area contributed by atoms with Gasteiger partial charge in [0.1, 0.15) is 0 Å². The molecule has 1 atom stereocenters. The number of aryl methyl sites for hydroxylation is 1. The van der Waals surface area contributed by atoms with Gasteiger partial charge in [0.2, 0.25) is 5.56 Å². The Labute approximate surface area is 256 Å². The van der Waals surface area contributed by atoms with Crippen molar-refractivity contribution in [2.45, 2.75) is 45.9 Å². The topological polar surface area (TPSA) is 73.5 Å². The molecule has 4 aromatic rings. The second-order valence-corrected chi connectivity index (χ2v) is 13.0. The molecule has 9 heteroatoms. The van der Waals surface area contributed by atoms with Crippen LogP contribution in [0.1, 0.15) is 30.6 Å². The second kappa shape index (κ2) is 13.0. The quantitative estimate of drug-likeness (QED) is 0.194. The molecule has 42 heavy (non-hydrogen) atoms. The number of ether oxygens (including phenoxy) is 1. The Kier molecular flexibility index (Phi) is 8.90. The summed E-state index contributed by atoms with van der Waals surface area (Å²) >= 11 is 3.56. The van der Waals surface area contributed by atoms with Gasteiger partial charge in [0.05, 0.1) is 30.6 Å². The van der Waals surface area contributed by atoms with Crippen LogP contribution in [0, 0.1) is 6.92 Å². The molecule has 7 nitrogen and oxygen atoms in total. The molecule has 2 aromatic carbocycles. The summed E-state index contributed by atoms with van der Waals surface area (Å²) in [5.74, 6) is 0. The van der Waals surface area contributed by atoms with Crippen LogP contribution < -0.4 is 15.8 Å². The van der Waals surface area contributed by atoms with Gasteiger partial charge in [0, 0.05) is 68.4 Å². The zero-order chi connectivity index (χ0) is 29.1. The van der Waals surface area contributed by atoms with E-state index in [9.17, 15) is 4.79 Å². The van der Waals surface area contributed by atoms with Crippen LogP contribution >= 0.6 is 23.5 Å². The SMILES string of the molecule is CCN(C)CCC(Nc1ccc2c(c1)Sc1cccc(-c3cc(N4CCOCC4)cc(=O)[nH]3)c1S2)c1ccc(C)cn1. The van der Waals surface area contributed by atoms with E-state index in [0.717, 1.165) is 60.9 Å². The van der Waals surface area contributed by atoms with Crippen molar-refractivity contribution < 1.29 is 4.74 Å². The van der Waals surface area contributed by atoms with Gasteiger partial charge in [-0.25, -0.2) is 0 Å². The number of benzene rings is 2. The number of rotatable bonds is 9. The fraction of sp³-hybridized carbons (Fsp3) is 0.333. The van der Waals surface area contributed by atoms with E-state index in [1.54, 1.807) is 29.6 Å². The van der Waals surface area contributed by atoms with E-state index in [1.807, 2.05) is 6.20 Å². The Bertz CT molecular complexity index is 1600. The fourth-order valence-electron chi connectivity index (χ4n) is 5.27. The smallest absolute Gasteiger partial charge is 0.250 e. The lowest BCUT2D eigenvalue weighted by atomic mass is 10.1. The maximum Gasteiger partial charge on any atom is 0.250 e. The lowest BCUT2D eigenvalue weighted by Gasteiger charge is -2.29. The van der Waals surface area contributed by atoms with Crippen molar-refractivity contribution in [2.24, 2.45) is 0 Å². The molecular formula is C33H37N5O2S2. The molecule has 0 spiro atoms. The zero-order valence-electron chi connectivity index (χ0n) is 24.4. The third kappa shape index (κ3) is 6.54. The summed E-state index contributed by atoms with van der Waals surface area (Å²) in [7, 11) is 2.16. The minimum Gasteiger partial charge on any atom is -0.378 e. The number of aromatic nitrogens is 2. The monoisotopic (exact) mass is 599 g/mol. The average molecular weight is 600 g/mol. The van der Waals surface area contributed by atoms with E-state index < -0.39 is 0 Å². The van der Waals surface area contributed by atoms with Gasteiger partial charge in [-0.05, 0) is 68.9 Å². The Hall–Kier alpha value is -3.24. The number of H-pyrrole nitrogens is 1. The molecule has 0 bridgehead atoms. The Morgan fingerprint density at radius 1 is 1.05 bits per heavy atom. The van der Waals surface area contributed by atoms with E-state index in [4.69, 9.17) is 9.72 Å². The minimum atomic E-state index is -0.0843. The third-order valence-corrected chi connectivity index (χ3v) is 10.4. The summed E-state index contributed by atoms with van der Waals surface area (Å²) in [5, 5.41) is 3.78. The van der Waals surface area contributed by atoms with E-state index in [0.29, 0.717) is 13.2 Å². The molecule has 0 radical (unpaired) electrons. The fourth-order valence-corrected chi connectivity index (χ4v) is 7.68. The number of morpholine rings is 1. The zero-order valence-corrected chi connectivity index (χ0v) is 26.0.